The fourth-order valence-corrected chi connectivity index (χ4v) is 4.40. The quantitative estimate of drug-likeness (QED) is 0.868. The number of rotatable bonds is 3. The molecule has 1 N–H and O–H groups in total. The topological polar surface area (TPSA) is 56.4 Å². The summed E-state index contributed by atoms with van der Waals surface area (Å²) < 4.78 is 15.5. The van der Waals surface area contributed by atoms with Crippen LogP contribution >= 0.6 is 0 Å². The molecule has 0 bridgehead atoms. The van der Waals surface area contributed by atoms with Gasteiger partial charge >= 0.3 is 0 Å². The Balaban J connectivity index is 1.78. The molecule has 2 aromatic rings. The van der Waals surface area contributed by atoms with Gasteiger partial charge in [0.05, 0.1) is 5.52 Å². The van der Waals surface area contributed by atoms with E-state index in [2.05, 4.69) is 18.8 Å². The molecule has 1 aromatic heterocycles. The van der Waals surface area contributed by atoms with Crippen molar-refractivity contribution < 1.29 is 14.0 Å². The SMILES string of the molecule is CC(=O)N1CCC[C@H](c2cc(C(C)C)c3cc(C(=O)N4CCC4)[nH]c3c2F)C1. The summed E-state index contributed by atoms with van der Waals surface area (Å²) in [5.74, 6) is -0.108. The van der Waals surface area contributed by atoms with Gasteiger partial charge in [-0.15, -0.1) is 0 Å². The fraction of sp³-hybridized carbons (Fsp3) is 0.545. The molecule has 2 aliphatic rings. The van der Waals surface area contributed by atoms with E-state index in [0.717, 1.165) is 49.8 Å². The predicted octanol–water partition coefficient (Wildman–Crippen LogP) is 4.00. The van der Waals surface area contributed by atoms with Crippen molar-refractivity contribution in [2.45, 2.75) is 51.9 Å². The average Bonchev–Trinajstić information content (AvgIpc) is 3.06. The van der Waals surface area contributed by atoms with Gasteiger partial charge in [-0.05, 0) is 42.4 Å². The Morgan fingerprint density at radius 1 is 1.14 bits per heavy atom. The molecule has 1 aromatic carbocycles. The lowest BCUT2D eigenvalue weighted by Gasteiger charge is -2.33. The van der Waals surface area contributed by atoms with E-state index in [0.29, 0.717) is 23.3 Å². The Labute approximate surface area is 164 Å². The Hall–Kier alpha value is -2.37. The number of hydrogen-bond donors (Lipinski definition) is 1. The highest BCUT2D eigenvalue weighted by Crippen LogP contribution is 2.37. The van der Waals surface area contributed by atoms with Crippen LogP contribution in [0.3, 0.4) is 0 Å². The summed E-state index contributed by atoms with van der Waals surface area (Å²) in [4.78, 5) is 31.1. The van der Waals surface area contributed by atoms with E-state index in [1.54, 1.807) is 22.8 Å². The second-order valence-corrected chi connectivity index (χ2v) is 8.45. The maximum atomic E-state index is 15.5. The van der Waals surface area contributed by atoms with E-state index in [4.69, 9.17) is 0 Å². The van der Waals surface area contributed by atoms with Gasteiger partial charge in [0, 0.05) is 44.4 Å². The zero-order chi connectivity index (χ0) is 20.0. The van der Waals surface area contributed by atoms with E-state index in [1.165, 1.54) is 0 Å². The number of piperidine rings is 1. The minimum absolute atomic E-state index is 0.0163. The number of nitrogens with zero attached hydrogens (tertiary/aromatic N) is 2. The summed E-state index contributed by atoms with van der Waals surface area (Å²) >= 11 is 0. The number of amides is 2. The van der Waals surface area contributed by atoms with E-state index in [-0.39, 0.29) is 29.5 Å². The van der Waals surface area contributed by atoms with Gasteiger partial charge < -0.3 is 14.8 Å². The molecule has 2 fully saturated rings. The molecule has 0 aliphatic carbocycles. The Bertz CT molecular complexity index is 929. The first-order valence-corrected chi connectivity index (χ1v) is 10.3. The lowest BCUT2D eigenvalue weighted by Crippen LogP contribution is -2.42. The van der Waals surface area contributed by atoms with Crippen molar-refractivity contribution in [1.82, 2.24) is 14.8 Å². The number of aromatic nitrogens is 1. The van der Waals surface area contributed by atoms with Crippen LogP contribution in [0, 0.1) is 5.82 Å². The third kappa shape index (κ3) is 3.19. The number of hydrogen-bond acceptors (Lipinski definition) is 2. The van der Waals surface area contributed by atoms with Gasteiger partial charge in [0.15, 0.2) is 5.82 Å². The molecule has 28 heavy (non-hydrogen) atoms. The summed E-state index contributed by atoms with van der Waals surface area (Å²) in [6, 6.07) is 3.77. The van der Waals surface area contributed by atoms with Crippen LogP contribution in [0.1, 0.15) is 73.5 Å². The fourth-order valence-electron chi connectivity index (χ4n) is 4.40. The van der Waals surface area contributed by atoms with E-state index in [9.17, 15) is 9.59 Å². The minimum Gasteiger partial charge on any atom is -0.348 e. The average molecular weight is 385 g/mol. The number of aromatic amines is 1. The monoisotopic (exact) mass is 385 g/mol. The van der Waals surface area contributed by atoms with Crippen LogP contribution in [-0.4, -0.2) is 52.8 Å². The largest absolute Gasteiger partial charge is 0.348 e. The molecule has 3 heterocycles. The van der Waals surface area contributed by atoms with Crippen LogP contribution in [-0.2, 0) is 4.79 Å². The molecule has 2 saturated heterocycles. The summed E-state index contributed by atoms with van der Waals surface area (Å²) in [5.41, 5.74) is 2.59. The number of halogens is 1. The molecule has 2 amide bonds. The van der Waals surface area contributed by atoms with Crippen molar-refractivity contribution in [3.8, 4) is 0 Å². The van der Waals surface area contributed by atoms with E-state index < -0.39 is 0 Å². The van der Waals surface area contributed by atoms with Crippen molar-refractivity contribution in [3.05, 3.63) is 34.8 Å². The molecule has 6 heteroatoms. The zero-order valence-corrected chi connectivity index (χ0v) is 16.8. The van der Waals surface area contributed by atoms with Gasteiger partial charge in [-0.2, -0.15) is 0 Å². The molecule has 0 saturated carbocycles. The first-order valence-electron chi connectivity index (χ1n) is 10.3. The number of carbonyl (C=O) groups is 2. The van der Waals surface area contributed by atoms with Crippen LogP contribution in [0.2, 0.25) is 0 Å². The molecular formula is C22H28FN3O2. The highest BCUT2D eigenvalue weighted by molar-refractivity contribution is 5.99. The van der Waals surface area contributed by atoms with Gasteiger partial charge in [0.1, 0.15) is 5.69 Å². The summed E-state index contributed by atoms with van der Waals surface area (Å²) in [6.45, 7) is 8.56. The van der Waals surface area contributed by atoms with Gasteiger partial charge in [0.25, 0.3) is 5.91 Å². The normalized spacial score (nSPS) is 20.0. The third-order valence-corrected chi connectivity index (χ3v) is 6.21. The molecular weight excluding hydrogens is 357 g/mol. The molecule has 150 valence electrons. The first kappa shape index (κ1) is 19.0. The van der Waals surface area contributed by atoms with Crippen LogP contribution in [0.15, 0.2) is 12.1 Å². The number of likely N-dealkylation sites (tertiary alicyclic amines) is 2. The summed E-state index contributed by atoms with van der Waals surface area (Å²) in [7, 11) is 0. The van der Waals surface area contributed by atoms with Gasteiger partial charge in [-0.25, -0.2) is 4.39 Å². The zero-order valence-electron chi connectivity index (χ0n) is 16.8. The van der Waals surface area contributed by atoms with Crippen LogP contribution in [0.5, 0.6) is 0 Å². The molecule has 0 spiro atoms. The number of nitrogens with one attached hydrogen (secondary N) is 1. The molecule has 1 atom stereocenters. The highest BCUT2D eigenvalue weighted by atomic mass is 19.1. The van der Waals surface area contributed by atoms with Crippen molar-refractivity contribution in [1.29, 1.82) is 0 Å². The van der Waals surface area contributed by atoms with Crippen molar-refractivity contribution >= 4 is 22.7 Å². The molecule has 5 nitrogen and oxygen atoms in total. The third-order valence-electron chi connectivity index (χ3n) is 6.21. The van der Waals surface area contributed by atoms with Gasteiger partial charge in [0.2, 0.25) is 5.91 Å². The predicted molar refractivity (Wildman–Crippen MR) is 107 cm³/mol. The molecule has 0 radical (unpaired) electrons. The van der Waals surface area contributed by atoms with Crippen LogP contribution < -0.4 is 0 Å². The Kier molecular flexibility index (Phi) is 4.89. The van der Waals surface area contributed by atoms with Crippen molar-refractivity contribution in [3.63, 3.8) is 0 Å². The smallest absolute Gasteiger partial charge is 0.270 e. The first-order chi connectivity index (χ1) is 13.4. The lowest BCUT2D eigenvalue weighted by molar-refractivity contribution is -0.130. The Morgan fingerprint density at radius 2 is 1.86 bits per heavy atom. The number of carbonyl (C=O) groups excluding carboxylic acids is 2. The lowest BCUT2D eigenvalue weighted by atomic mass is 9.86. The molecule has 2 aliphatic heterocycles. The second-order valence-electron chi connectivity index (χ2n) is 8.45. The molecule has 4 rings (SSSR count). The van der Waals surface area contributed by atoms with E-state index >= 15 is 4.39 Å². The second kappa shape index (κ2) is 7.22. The van der Waals surface area contributed by atoms with Gasteiger partial charge in [-0.1, -0.05) is 19.9 Å². The summed E-state index contributed by atoms with van der Waals surface area (Å²) in [6.07, 6.45) is 2.77. The number of fused-ring (bicyclic) bond motifs is 1. The maximum absolute atomic E-state index is 15.5. The standard InChI is InChI=1S/C22H28FN3O2/c1-13(2)16-10-17(15-6-4-7-26(12-15)14(3)27)20(23)21-18(16)11-19(24-21)22(28)25-8-5-9-25/h10-11,13,15,24H,4-9,12H2,1-3H3/t15-/m0/s1. The number of benzene rings is 1. The molecule has 0 unspecified atom stereocenters. The Morgan fingerprint density at radius 3 is 2.46 bits per heavy atom. The highest BCUT2D eigenvalue weighted by Gasteiger charge is 2.29. The van der Waals surface area contributed by atoms with Crippen LogP contribution in [0.4, 0.5) is 4.39 Å². The van der Waals surface area contributed by atoms with Gasteiger partial charge in [-0.3, -0.25) is 9.59 Å². The summed E-state index contributed by atoms with van der Waals surface area (Å²) in [5, 5.41) is 0.791. The minimum atomic E-state index is -0.280. The van der Waals surface area contributed by atoms with Crippen LogP contribution in [0.25, 0.3) is 10.9 Å². The van der Waals surface area contributed by atoms with Crippen molar-refractivity contribution in [2.75, 3.05) is 26.2 Å². The number of H-pyrrole nitrogens is 1. The van der Waals surface area contributed by atoms with Crippen molar-refractivity contribution in [2.24, 2.45) is 0 Å². The van der Waals surface area contributed by atoms with E-state index in [1.807, 2.05) is 6.07 Å². The maximum Gasteiger partial charge on any atom is 0.270 e.